The molecule has 1 saturated carbocycles. The third-order valence-electron chi connectivity index (χ3n) is 7.13. The van der Waals surface area contributed by atoms with Crippen LogP contribution < -0.4 is 5.32 Å². The standard InChI is InChI=1S/C25H26N2O6/c28-15-12-21(22(29)30)27(13-15)23(31)25(10-5-11-25)26-24(32)33-14-20-18-8-3-1-6-16(18)17-7-2-4-9-19(17)20/h1-4,6-9,15,20-21,28H,5,10-14H2,(H,26,32)(H,29,30)/t15-,21+/m1/s1. The first-order chi connectivity index (χ1) is 15.9. The van der Waals surface area contributed by atoms with E-state index >= 15 is 0 Å². The molecule has 2 amide bonds. The molecule has 1 aliphatic heterocycles. The third-order valence-corrected chi connectivity index (χ3v) is 7.13. The van der Waals surface area contributed by atoms with Crippen LogP contribution in [0.3, 0.4) is 0 Å². The lowest BCUT2D eigenvalue weighted by molar-refractivity contribution is -0.153. The van der Waals surface area contributed by atoms with Crippen LogP contribution in [-0.4, -0.2) is 63.9 Å². The number of carbonyl (C=O) groups is 3. The Labute approximate surface area is 191 Å². The highest BCUT2D eigenvalue weighted by atomic mass is 16.5. The van der Waals surface area contributed by atoms with E-state index in [0.29, 0.717) is 12.8 Å². The van der Waals surface area contributed by atoms with Gasteiger partial charge in [-0.2, -0.15) is 0 Å². The molecule has 1 heterocycles. The van der Waals surface area contributed by atoms with E-state index in [9.17, 15) is 24.6 Å². The van der Waals surface area contributed by atoms with Gasteiger partial charge in [0.1, 0.15) is 18.2 Å². The molecule has 0 radical (unpaired) electrons. The normalized spacial score (nSPS) is 22.8. The van der Waals surface area contributed by atoms with Gasteiger partial charge < -0.3 is 25.2 Å². The summed E-state index contributed by atoms with van der Waals surface area (Å²) < 4.78 is 5.59. The van der Waals surface area contributed by atoms with Crippen molar-refractivity contribution >= 4 is 18.0 Å². The molecule has 0 spiro atoms. The fourth-order valence-electron chi connectivity index (χ4n) is 5.30. The Morgan fingerprint density at radius 1 is 1.03 bits per heavy atom. The molecule has 2 aromatic rings. The summed E-state index contributed by atoms with van der Waals surface area (Å²) in [6, 6.07) is 15.0. The number of aliphatic carboxylic acids is 1. The van der Waals surface area contributed by atoms with Gasteiger partial charge in [-0.1, -0.05) is 48.5 Å². The summed E-state index contributed by atoms with van der Waals surface area (Å²) >= 11 is 0. The zero-order valence-corrected chi connectivity index (χ0v) is 18.1. The van der Waals surface area contributed by atoms with Gasteiger partial charge in [0.05, 0.1) is 6.10 Å². The Morgan fingerprint density at radius 2 is 1.64 bits per heavy atom. The summed E-state index contributed by atoms with van der Waals surface area (Å²) in [5.74, 6) is -1.72. The number of alkyl carbamates (subject to hydrolysis) is 1. The number of β-amino-alcohol motifs (C(OH)–C–C–N with tert-alkyl or cyclic N) is 1. The molecule has 0 unspecified atom stereocenters. The molecule has 3 aliphatic rings. The molecule has 0 aromatic heterocycles. The number of carboxylic acid groups (broad SMARTS) is 1. The molecule has 8 nitrogen and oxygen atoms in total. The number of aliphatic hydroxyl groups is 1. The summed E-state index contributed by atoms with van der Waals surface area (Å²) in [4.78, 5) is 38.7. The number of benzene rings is 2. The summed E-state index contributed by atoms with van der Waals surface area (Å²) in [6.07, 6.45) is -0.0339. The maximum absolute atomic E-state index is 13.2. The number of rotatable bonds is 5. The quantitative estimate of drug-likeness (QED) is 0.645. The summed E-state index contributed by atoms with van der Waals surface area (Å²) in [5, 5.41) is 22.1. The maximum atomic E-state index is 13.2. The number of fused-ring (bicyclic) bond motifs is 3. The van der Waals surface area contributed by atoms with Crippen molar-refractivity contribution in [3.8, 4) is 11.1 Å². The van der Waals surface area contributed by atoms with Crippen LogP contribution in [0.5, 0.6) is 0 Å². The second-order valence-electron chi connectivity index (χ2n) is 9.09. The van der Waals surface area contributed by atoms with Crippen molar-refractivity contribution in [2.24, 2.45) is 0 Å². The number of hydrogen-bond donors (Lipinski definition) is 3. The summed E-state index contributed by atoms with van der Waals surface area (Å²) in [6.45, 7) is 0.0776. The first-order valence-electron chi connectivity index (χ1n) is 11.2. The van der Waals surface area contributed by atoms with Crippen LogP contribution in [0.1, 0.15) is 42.7 Å². The van der Waals surface area contributed by atoms with Gasteiger partial charge in [-0.15, -0.1) is 0 Å². The van der Waals surface area contributed by atoms with Crippen LogP contribution >= 0.6 is 0 Å². The van der Waals surface area contributed by atoms with Gasteiger partial charge in [0.2, 0.25) is 5.91 Å². The highest BCUT2D eigenvalue weighted by molar-refractivity contribution is 5.94. The minimum atomic E-state index is -1.18. The van der Waals surface area contributed by atoms with Gasteiger partial charge in [0, 0.05) is 18.9 Å². The number of nitrogens with zero attached hydrogens (tertiary/aromatic N) is 1. The number of carbonyl (C=O) groups excluding carboxylic acids is 2. The van der Waals surface area contributed by atoms with E-state index in [2.05, 4.69) is 17.4 Å². The second kappa shape index (κ2) is 8.19. The number of ether oxygens (including phenoxy) is 1. The predicted molar refractivity (Wildman–Crippen MR) is 119 cm³/mol. The number of carboxylic acids is 1. The molecule has 1 saturated heterocycles. The lowest BCUT2D eigenvalue weighted by Gasteiger charge is -2.43. The second-order valence-corrected chi connectivity index (χ2v) is 9.09. The van der Waals surface area contributed by atoms with Crippen molar-refractivity contribution in [3.05, 3.63) is 59.7 Å². The average Bonchev–Trinajstić information content (AvgIpc) is 3.33. The fraction of sp³-hybridized carbons (Fsp3) is 0.400. The molecular weight excluding hydrogens is 424 g/mol. The van der Waals surface area contributed by atoms with Crippen molar-refractivity contribution in [2.45, 2.75) is 49.3 Å². The summed E-state index contributed by atoms with van der Waals surface area (Å²) in [7, 11) is 0. The molecule has 2 atom stereocenters. The fourth-order valence-corrected chi connectivity index (χ4v) is 5.30. The van der Waals surface area contributed by atoms with Crippen LogP contribution in [0.2, 0.25) is 0 Å². The van der Waals surface area contributed by atoms with Gasteiger partial charge >= 0.3 is 12.1 Å². The number of hydrogen-bond acceptors (Lipinski definition) is 5. The number of likely N-dealkylation sites (tertiary alicyclic amines) is 1. The van der Waals surface area contributed by atoms with E-state index in [4.69, 9.17) is 4.74 Å². The molecule has 8 heteroatoms. The lowest BCUT2D eigenvalue weighted by atomic mass is 9.75. The smallest absolute Gasteiger partial charge is 0.408 e. The van der Waals surface area contributed by atoms with E-state index < -0.39 is 35.7 Å². The highest BCUT2D eigenvalue weighted by Crippen LogP contribution is 2.44. The van der Waals surface area contributed by atoms with Gasteiger partial charge in [0.25, 0.3) is 0 Å². The predicted octanol–water partition coefficient (Wildman–Crippen LogP) is 2.49. The Balaban J connectivity index is 1.28. The Kier molecular flexibility index (Phi) is 5.32. The minimum Gasteiger partial charge on any atom is -0.480 e. The molecule has 172 valence electrons. The molecule has 0 bridgehead atoms. The third kappa shape index (κ3) is 3.64. The van der Waals surface area contributed by atoms with E-state index in [-0.39, 0.29) is 25.5 Å². The van der Waals surface area contributed by atoms with Gasteiger partial charge in [0.15, 0.2) is 0 Å². The van der Waals surface area contributed by atoms with Gasteiger partial charge in [-0.25, -0.2) is 9.59 Å². The van der Waals surface area contributed by atoms with Crippen LogP contribution in [0.15, 0.2) is 48.5 Å². The first-order valence-corrected chi connectivity index (χ1v) is 11.2. The van der Waals surface area contributed by atoms with E-state index in [1.54, 1.807) is 0 Å². The molecular formula is C25H26N2O6. The number of aliphatic hydroxyl groups excluding tert-OH is 1. The lowest BCUT2D eigenvalue weighted by Crippen LogP contribution is -2.64. The molecule has 2 aromatic carbocycles. The first kappa shape index (κ1) is 21.5. The van der Waals surface area contributed by atoms with Gasteiger partial charge in [-0.3, -0.25) is 4.79 Å². The Hall–Kier alpha value is -3.39. The Morgan fingerprint density at radius 3 is 2.18 bits per heavy atom. The SMILES string of the molecule is O=C(NC1(C(=O)N2C[C@H](O)C[C@H]2C(=O)O)CCC1)OCC1c2ccccc2-c2ccccc21. The molecule has 3 N–H and O–H groups in total. The van der Waals surface area contributed by atoms with Crippen molar-refractivity contribution in [3.63, 3.8) is 0 Å². The molecule has 33 heavy (non-hydrogen) atoms. The molecule has 5 rings (SSSR count). The highest BCUT2D eigenvalue weighted by Gasteiger charge is 2.52. The van der Waals surface area contributed by atoms with E-state index in [0.717, 1.165) is 28.7 Å². The summed E-state index contributed by atoms with van der Waals surface area (Å²) in [5.41, 5.74) is 3.26. The van der Waals surface area contributed by atoms with E-state index in [1.807, 2.05) is 36.4 Å². The van der Waals surface area contributed by atoms with Gasteiger partial charge in [-0.05, 0) is 41.5 Å². The van der Waals surface area contributed by atoms with Crippen molar-refractivity contribution in [1.29, 1.82) is 0 Å². The Bertz CT molecular complexity index is 1070. The van der Waals surface area contributed by atoms with Crippen LogP contribution in [-0.2, 0) is 14.3 Å². The van der Waals surface area contributed by atoms with E-state index in [1.165, 1.54) is 4.90 Å². The molecule has 2 aliphatic carbocycles. The largest absolute Gasteiger partial charge is 0.480 e. The number of nitrogens with one attached hydrogen (secondary N) is 1. The minimum absolute atomic E-state index is 0.0118. The molecule has 2 fully saturated rings. The monoisotopic (exact) mass is 450 g/mol. The zero-order valence-electron chi connectivity index (χ0n) is 18.1. The van der Waals surface area contributed by atoms with Crippen molar-refractivity contribution in [2.75, 3.05) is 13.2 Å². The van der Waals surface area contributed by atoms with Crippen LogP contribution in [0.25, 0.3) is 11.1 Å². The van der Waals surface area contributed by atoms with Crippen LogP contribution in [0, 0.1) is 0 Å². The zero-order chi connectivity index (χ0) is 23.2. The van der Waals surface area contributed by atoms with Crippen molar-refractivity contribution < 1.29 is 29.3 Å². The van der Waals surface area contributed by atoms with Crippen molar-refractivity contribution in [1.82, 2.24) is 10.2 Å². The maximum Gasteiger partial charge on any atom is 0.408 e. The number of amides is 2. The average molecular weight is 450 g/mol. The topological polar surface area (TPSA) is 116 Å². The van der Waals surface area contributed by atoms with Crippen LogP contribution in [0.4, 0.5) is 4.79 Å².